The van der Waals surface area contributed by atoms with Crippen LogP contribution in [0.3, 0.4) is 0 Å². The van der Waals surface area contributed by atoms with Crippen LogP contribution in [0.25, 0.3) is 0 Å². The van der Waals surface area contributed by atoms with Gasteiger partial charge >= 0.3 is 5.97 Å². The van der Waals surface area contributed by atoms with E-state index >= 15 is 0 Å². The molecule has 0 saturated heterocycles. The first kappa shape index (κ1) is 14.9. The zero-order valence-corrected chi connectivity index (χ0v) is 12.9. The molecule has 2 fully saturated rings. The molecule has 0 unspecified atom stereocenters. The Kier molecular flexibility index (Phi) is 5.29. The van der Waals surface area contributed by atoms with Gasteiger partial charge in [0.2, 0.25) is 0 Å². The van der Waals surface area contributed by atoms with Crippen molar-refractivity contribution in [3.63, 3.8) is 0 Å². The summed E-state index contributed by atoms with van der Waals surface area (Å²) in [5.74, 6) is 3.12. The molecule has 0 heterocycles. The van der Waals surface area contributed by atoms with E-state index in [2.05, 4.69) is 20.8 Å². The summed E-state index contributed by atoms with van der Waals surface area (Å²) in [4.78, 5) is 12.2. The van der Waals surface area contributed by atoms with Crippen LogP contribution >= 0.6 is 0 Å². The molecule has 2 rings (SSSR count). The number of rotatable bonds is 3. The third kappa shape index (κ3) is 4.22. The van der Waals surface area contributed by atoms with E-state index in [0.717, 1.165) is 24.7 Å². The van der Waals surface area contributed by atoms with Gasteiger partial charge in [0, 0.05) is 0 Å². The van der Waals surface area contributed by atoms with Crippen LogP contribution in [0.2, 0.25) is 0 Å². The fraction of sp³-hybridized carbons (Fsp3) is 0.941. The van der Waals surface area contributed by atoms with E-state index in [4.69, 9.17) is 4.74 Å². The smallest absolute Gasteiger partial charge is 0.308 e. The molecule has 0 aliphatic heterocycles. The molecule has 0 aromatic carbocycles. The molecule has 0 N–H and O–H groups in total. The molecule has 0 radical (unpaired) electrons. The van der Waals surface area contributed by atoms with Crippen molar-refractivity contribution in [1.29, 1.82) is 0 Å². The van der Waals surface area contributed by atoms with E-state index < -0.39 is 0 Å². The summed E-state index contributed by atoms with van der Waals surface area (Å²) >= 11 is 0. The fourth-order valence-corrected chi connectivity index (χ4v) is 3.79. The van der Waals surface area contributed by atoms with Crippen molar-refractivity contribution in [2.24, 2.45) is 29.6 Å². The predicted octanol–water partition coefficient (Wildman–Crippen LogP) is 4.43. The van der Waals surface area contributed by atoms with Crippen molar-refractivity contribution in [2.45, 2.75) is 65.7 Å². The lowest BCUT2D eigenvalue weighted by Gasteiger charge is -2.31. The van der Waals surface area contributed by atoms with Gasteiger partial charge in [0.05, 0.1) is 12.5 Å². The molecule has 2 heteroatoms. The highest BCUT2D eigenvalue weighted by Gasteiger charge is 2.30. The highest BCUT2D eigenvalue weighted by molar-refractivity contribution is 5.72. The van der Waals surface area contributed by atoms with Gasteiger partial charge < -0.3 is 4.74 Å². The van der Waals surface area contributed by atoms with Crippen LogP contribution in [0, 0.1) is 29.6 Å². The maximum atomic E-state index is 12.2. The van der Waals surface area contributed by atoms with Crippen LogP contribution in [-0.4, -0.2) is 12.6 Å². The minimum Gasteiger partial charge on any atom is -0.465 e. The lowest BCUT2D eigenvalue weighted by molar-refractivity contribution is -0.152. The topological polar surface area (TPSA) is 26.3 Å². The van der Waals surface area contributed by atoms with Crippen molar-refractivity contribution < 1.29 is 9.53 Å². The van der Waals surface area contributed by atoms with E-state index in [0.29, 0.717) is 18.4 Å². The molecule has 19 heavy (non-hydrogen) atoms. The molecule has 0 aromatic rings. The predicted molar refractivity (Wildman–Crippen MR) is 77.8 cm³/mol. The van der Waals surface area contributed by atoms with E-state index in [1.165, 1.54) is 32.1 Å². The summed E-state index contributed by atoms with van der Waals surface area (Å²) in [5, 5.41) is 0. The molecule has 2 nitrogen and oxygen atoms in total. The summed E-state index contributed by atoms with van der Waals surface area (Å²) in [6.07, 6.45) is 8.39. The van der Waals surface area contributed by atoms with Gasteiger partial charge in [-0.15, -0.1) is 0 Å². The summed E-state index contributed by atoms with van der Waals surface area (Å²) in [6, 6.07) is 0. The summed E-state index contributed by atoms with van der Waals surface area (Å²) < 4.78 is 5.61. The highest BCUT2D eigenvalue weighted by atomic mass is 16.5. The van der Waals surface area contributed by atoms with E-state index in [-0.39, 0.29) is 11.9 Å². The van der Waals surface area contributed by atoms with Gasteiger partial charge in [0.1, 0.15) is 0 Å². The molecule has 2 saturated carbocycles. The van der Waals surface area contributed by atoms with E-state index in [9.17, 15) is 4.79 Å². The second-order valence-electron chi connectivity index (χ2n) is 7.23. The third-order valence-electron chi connectivity index (χ3n) is 5.44. The van der Waals surface area contributed by atoms with Crippen molar-refractivity contribution >= 4 is 5.97 Å². The summed E-state index contributed by atoms with van der Waals surface area (Å²) in [6.45, 7) is 7.56. The van der Waals surface area contributed by atoms with Crippen LogP contribution in [-0.2, 0) is 9.53 Å². The van der Waals surface area contributed by atoms with Crippen molar-refractivity contribution in [1.82, 2.24) is 0 Å². The number of esters is 1. The standard InChI is InChI=1S/C17H30O2/c1-12-5-4-6-15(9-12)11-19-17(18)16-8-7-13(2)14(3)10-16/h12-16H,4-11H2,1-3H3/t12-,13-,14+,15-,16+/m1/s1. The molecule has 2 aliphatic carbocycles. The Bertz CT molecular complexity index is 300. The van der Waals surface area contributed by atoms with Gasteiger partial charge in [-0.2, -0.15) is 0 Å². The molecule has 2 aliphatic rings. The van der Waals surface area contributed by atoms with Crippen LogP contribution in [0.5, 0.6) is 0 Å². The zero-order chi connectivity index (χ0) is 13.8. The molecular weight excluding hydrogens is 236 g/mol. The molecule has 0 amide bonds. The van der Waals surface area contributed by atoms with E-state index in [1.807, 2.05) is 0 Å². The Labute approximate surface area is 118 Å². The Morgan fingerprint density at radius 3 is 2.47 bits per heavy atom. The Hall–Kier alpha value is -0.530. The average Bonchev–Trinajstić information content (AvgIpc) is 2.39. The van der Waals surface area contributed by atoms with Crippen LogP contribution in [0.4, 0.5) is 0 Å². The van der Waals surface area contributed by atoms with Gasteiger partial charge in [-0.1, -0.05) is 33.6 Å². The maximum Gasteiger partial charge on any atom is 0.308 e. The summed E-state index contributed by atoms with van der Waals surface area (Å²) in [5.41, 5.74) is 0. The lowest BCUT2D eigenvalue weighted by atomic mass is 9.76. The van der Waals surface area contributed by atoms with Gasteiger partial charge in [0.25, 0.3) is 0 Å². The van der Waals surface area contributed by atoms with Crippen molar-refractivity contribution in [3.8, 4) is 0 Å². The average molecular weight is 266 g/mol. The first-order valence-electron chi connectivity index (χ1n) is 8.23. The number of hydrogen-bond donors (Lipinski definition) is 0. The molecule has 0 spiro atoms. The minimum absolute atomic E-state index is 0.0805. The van der Waals surface area contributed by atoms with Crippen LogP contribution < -0.4 is 0 Å². The number of ether oxygens (including phenoxy) is 1. The Morgan fingerprint density at radius 2 is 1.79 bits per heavy atom. The molecule has 5 atom stereocenters. The Balaban J connectivity index is 1.72. The molecule has 0 bridgehead atoms. The second-order valence-corrected chi connectivity index (χ2v) is 7.23. The highest BCUT2D eigenvalue weighted by Crippen LogP contribution is 2.34. The quantitative estimate of drug-likeness (QED) is 0.706. The lowest BCUT2D eigenvalue weighted by Crippen LogP contribution is -2.29. The van der Waals surface area contributed by atoms with E-state index in [1.54, 1.807) is 0 Å². The second kappa shape index (κ2) is 6.76. The van der Waals surface area contributed by atoms with Crippen molar-refractivity contribution in [2.75, 3.05) is 6.61 Å². The zero-order valence-electron chi connectivity index (χ0n) is 12.9. The van der Waals surface area contributed by atoms with Gasteiger partial charge in [-0.3, -0.25) is 4.79 Å². The molecular formula is C17H30O2. The van der Waals surface area contributed by atoms with Gasteiger partial charge in [0.15, 0.2) is 0 Å². The Morgan fingerprint density at radius 1 is 1.00 bits per heavy atom. The number of carbonyl (C=O) groups excluding carboxylic acids is 1. The third-order valence-corrected chi connectivity index (χ3v) is 5.44. The van der Waals surface area contributed by atoms with Crippen LogP contribution in [0.15, 0.2) is 0 Å². The fourth-order valence-electron chi connectivity index (χ4n) is 3.79. The first-order chi connectivity index (χ1) is 9.06. The number of carbonyl (C=O) groups is 1. The first-order valence-corrected chi connectivity index (χ1v) is 8.23. The monoisotopic (exact) mass is 266 g/mol. The minimum atomic E-state index is 0.0805. The van der Waals surface area contributed by atoms with Crippen molar-refractivity contribution in [3.05, 3.63) is 0 Å². The summed E-state index contributed by atoms with van der Waals surface area (Å²) in [7, 11) is 0. The SMILES string of the molecule is C[C@@H]1CCC[C@@H](COC(=O)[C@H]2CC[C@@H](C)[C@@H](C)C2)C1. The van der Waals surface area contributed by atoms with Gasteiger partial charge in [-0.25, -0.2) is 0 Å². The number of hydrogen-bond acceptors (Lipinski definition) is 2. The molecule has 110 valence electrons. The maximum absolute atomic E-state index is 12.2. The van der Waals surface area contributed by atoms with Crippen LogP contribution in [0.1, 0.15) is 65.7 Å². The normalized spacial score (nSPS) is 39.8. The largest absolute Gasteiger partial charge is 0.465 e. The van der Waals surface area contributed by atoms with Gasteiger partial charge in [-0.05, 0) is 55.8 Å². The molecule has 0 aromatic heterocycles.